The number of hydrogen-bond donors (Lipinski definition) is 1. The molecule has 23 heavy (non-hydrogen) atoms. The maximum atomic E-state index is 11.0. The molecule has 1 fully saturated rings. The van der Waals surface area contributed by atoms with E-state index in [-0.39, 0.29) is 5.91 Å². The molecule has 3 rings (SSSR count). The fraction of sp³-hybridized carbons (Fsp3) is 0.333. The van der Waals surface area contributed by atoms with Gasteiger partial charge in [0.25, 0.3) is 0 Å². The second-order valence-electron chi connectivity index (χ2n) is 5.80. The number of hydrogen-bond acceptors (Lipinski definition) is 4. The highest BCUT2D eigenvalue weighted by molar-refractivity contribution is 7.15. The van der Waals surface area contributed by atoms with Crippen molar-refractivity contribution in [2.75, 3.05) is 18.4 Å². The third-order valence-electron chi connectivity index (χ3n) is 3.88. The van der Waals surface area contributed by atoms with Crippen LogP contribution in [0, 0.1) is 0 Å². The van der Waals surface area contributed by atoms with Crippen LogP contribution in [0.15, 0.2) is 42.1 Å². The van der Waals surface area contributed by atoms with Crippen LogP contribution in [0.5, 0.6) is 0 Å². The van der Waals surface area contributed by atoms with Crippen molar-refractivity contribution in [2.24, 2.45) is 0 Å². The van der Waals surface area contributed by atoms with Gasteiger partial charge in [-0.3, -0.25) is 9.69 Å². The van der Waals surface area contributed by atoms with E-state index >= 15 is 0 Å². The summed E-state index contributed by atoms with van der Waals surface area (Å²) >= 11 is 1.56. The fourth-order valence-electron chi connectivity index (χ4n) is 2.74. The van der Waals surface area contributed by atoms with Gasteiger partial charge in [-0.05, 0) is 18.4 Å². The topological polar surface area (TPSA) is 45.2 Å². The van der Waals surface area contributed by atoms with Crippen molar-refractivity contribution in [3.8, 4) is 0 Å². The molecule has 120 valence electrons. The van der Waals surface area contributed by atoms with Crippen molar-refractivity contribution in [2.45, 2.75) is 26.3 Å². The first-order chi connectivity index (χ1) is 11.2. The lowest BCUT2D eigenvalue weighted by molar-refractivity contribution is -0.114. The number of anilines is 1. The maximum absolute atomic E-state index is 11.0. The second-order valence-corrected chi connectivity index (χ2v) is 6.92. The minimum absolute atomic E-state index is 0.0698. The lowest BCUT2D eigenvalue weighted by Crippen LogP contribution is -2.29. The van der Waals surface area contributed by atoms with Gasteiger partial charge in [-0.15, -0.1) is 11.3 Å². The number of amides is 1. The standard InChI is InChI=1S/C18H21N3OS/c1-14(22)20-18-19-12-17(23-18)13-21-9-7-16(8-10-21)11-15-5-3-2-4-6-15/h2-6,11-12H,7-10,13H2,1H3,(H,19,20,22). The van der Waals surface area contributed by atoms with Crippen molar-refractivity contribution in [1.82, 2.24) is 9.88 Å². The molecule has 0 saturated carbocycles. The number of nitrogens with one attached hydrogen (secondary N) is 1. The van der Waals surface area contributed by atoms with E-state index < -0.39 is 0 Å². The van der Waals surface area contributed by atoms with E-state index in [1.807, 2.05) is 6.20 Å². The van der Waals surface area contributed by atoms with Gasteiger partial charge >= 0.3 is 0 Å². The molecule has 0 aliphatic carbocycles. The van der Waals surface area contributed by atoms with Crippen LogP contribution in [0.4, 0.5) is 5.13 Å². The smallest absolute Gasteiger partial charge is 0.223 e. The third-order valence-corrected chi connectivity index (χ3v) is 4.78. The second kappa shape index (κ2) is 7.53. The van der Waals surface area contributed by atoms with Gasteiger partial charge in [0.2, 0.25) is 5.91 Å². The van der Waals surface area contributed by atoms with Crippen LogP contribution in [0.25, 0.3) is 6.08 Å². The van der Waals surface area contributed by atoms with Crippen LogP contribution >= 0.6 is 11.3 Å². The number of nitrogens with zero attached hydrogens (tertiary/aromatic N) is 2. The highest BCUT2D eigenvalue weighted by Crippen LogP contribution is 2.24. The van der Waals surface area contributed by atoms with E-state index in [0.717, 1.165) is 32.5 Å². The zero-order valence-electron chi connectivity index (χ0n) is 13.3. The van der Waals surface area contributed by atoms with Crippen LogP contribution in [-0.4, -0.2) is 28.9 Å². The molecule has 0 radical (unpaired) electrons. The lowest BCUT2D eigenvalue weighted by Gasteiger charge is -2.27. The van der Waals surface area contributed by atoms with Gasteiger partial charge in [0, 0.05) is 37.6 Å². The number of piperidine rings is 1. The Labute approximate surface area is 140 Å². The molecule has 1 aliphatic rings. The fourth-order valence-corrected chi connectivity index (χ4v) is 3.64. The highest BCUT2D eigenvalue weighted by Gasteiger charge is 2.15. The van der Waals surface area contributed by atoms with Gasteiger partial charge in [0.15, 0.2) is 5.13 Å². The van der Waals surface area contributed by atoms with Crippen molar-refractivity contribution in [3.63, 3.8) is 0 Å². The molecule has 5 heteroatoms. The lowest BCUT2D eigenvalue weighted by atomic mass is 10.0. The Bertz CT molecular complexity index is 683. The number of aromatic nitrogens is 1. The molecule has 2 heterocycles. The summed E-state index contributed by atoms with van der Waals surface area (Å²) in [5.41, 5.74) is 2.81. The summed E-state index contributed by atoms with van der Waals surface area (Å²) in [5.74, 6) is -0.0698. The summed E-state index contributed by atoms with van der Waals surface area (Å²) in [6.07, 6.45) is 6.42. The van der Waals surface area contributed by atoms with Crippen LogP contribution < -0.4 is 5.32 Å². The molecule has 1 N–H and O–H groups in total. The Morgan fingerprint density at radius 1 is 1.30 bits per heavy atom. The molecule has 1 saturated heterocycles. The summed E-state index contributed by atoms with van der Waals surface area (Å²) in [6.45, 7) is 4.57. The van der Waals surface area contributed by atoms with Crippen LogP contribution in [0.2, 0.25) is 0 Å². The molecule has 1 aliphatic heterocycles. The summed E-state index contributed by atoms with van der Waals surface area (Å²) in [5, 5.41) is 3.43. The zero-order chi connectivity index (χ0) is 16.1. The first-order valence-corrected chi connectivity index (χ1v) is 8.70. The molecule has 1 amide bonds. The number of carbonyl (C=O) groups is 1. The Balaban J connectivity index is 1.52. The van der Waals surface area contributed by atoms with E-state index in [1.165, 1.54) is 22.9 Å². The molecule has 0 bridgehead atoms. The first-order valence-electron chi connectivity index (χ1n) is 7.88. The summed E-state index contributed by atoms with van der Waals surface area (Å²) in [7, 11) is 0. The summed E-state index contributed by atoms with van der Waals surface area (Å²) < 4.78 is 0. The number of carbonyl (C=O) groups excluding carboxylic acids is 1. The Hall–Kier alpha value is -1.98. The molecule has 2 aromatic rings. The Morgan fingerprint density at radius 3 is 2.74 bits per heavy atom. The molecular formula is C18H21N3OS. The SMILES string of the molecule is CC(=O)Nc1ncc(CN2CCC(=Cc3ccccc3)CC2)s1. The molecule has 1 aromatic heterocycles. The van der Waals surface area contributed by atoms with Crippen LogP contribution in [0.3, 0.4) is 0 Å². The highest BCUT2D eigenvalue weighted by atomic mass is 32.1. The van der Waals surface area contributed by atoms with Gasteiger partial charge in [-0.1, -0.05) is 42.0 Å². The van der Waals surface area contributed by atoms with Gasteiger partial charge < -0.3 is 5.32 Å². The molecular weight excluding hydrogens is 306 g/mol. The Kier molecular flexibility index (Phi) is 5.20. The normalized spacial score (nSPS) is 15.4. The number of benzene rings is 1. The van der Waals surface area contributed by atoms with E-state index in [1.54, 1.807) is 11.3 Å². The maximum Gasteiger partial charge on any atom is 0.223 e. The van der Waals surface area contributed by atoms with Gasteiger partial charge in [0.05, 0.1) is 0 Å². The largest absolute Gasteiger partial charge is 0.302 e. The van der Waals surface area contributed by atoms with Gasteiger partial charge in [-0.2, -0.15) is 0 Å². The monoisotopic (exact) mass is 327 g/mol. The van der Waals surface area contributed by atoms with Crippen molar-refractivity contribution >= 4 is 28.5 Å². The van der Waals surface area contributed by atoms with E-state index in [4.69, 9.17) is 0 Å². The van der Waals surface area contributed by atoms with Crippen LogP contribution in [0.1, 0.15) is 30.2 Å². The van der Waals surface area contributed by atoms with Gasteiger partial charge in [0.1, 0.15) is 0 Å². The summed E-state index contributed by atoms with van der Waals surface area (Å²) in [6, 6.07) is 10.5. The molecule has 1 aromatic carbocycles. The van der Waals surface area contributed by atoms with Crippen molar-refractivity contribution < 1.29 is 4.79 Å². The quantitative estimate of drug-likeness (QED) is 0.929. The number of rotatable bonds is 4. The van der Waals surface area contributed by atoms with Crippen molar-refractivity contribution in [1.29, 1.82) is 0 Å². The number of likely N-dealkylation sites (tertiary alicyclic amines) is 1. The average molecular weight is 327 g/mol. The number of thiazole rings is 1. The Morgan fingerprint density at radius 2 is 2.04 bits per heavy atom. The third kappa shape index (κ3) is 4.74. The van der Waals surface area contributed by atoms with E-state index in [0.29, 0.717) is 5.13 Å². The van der Waals surface area contributed by atoms with Crippen LogP contribution in [-0.2, 0) is 11.3 Å². The first kappa shape index (κ1) is 15.9. The molecule has 0 spiro atoms. The minimum atomic E-state index is -0.0698. The predicted octanol–water partition coefficient (Wildman–Crippen LogP) is 3.78. The molecule has 0 atom stereocenters. The van der Waals surface area contributed by atoms with Crippen molar-refractivity contribution in [3.05, 3.63) is 52.5 Å². The minimum Gasteiger partial charge on any atom is -0.302 e. The van der Waals surface area contributed by atoms with E-state index in [2.05, 4.69) is 51.6 Å². The van der Waals surface area contributed by atoms with E-state index in [9.17, 15) is 4.79 Å². The zero-order valence-corrected chi connectivity index (χ0v) is 14.1. The predicted molar refractivity (Wildman–Crippen MR) is 95.3 cm³/mol. The molecule has 0 unspecified atom stereocenters. The molecule has 4 nitrogen and oxygen atoms in total. The average Bonchev–Trinajstić information content (AvgIpc) is 2.96. The summed E-state index contributed by atoms with van der Waals surface area (Å²) in [4.78, 5) is 18.9. The van der Waals surface area contributed by atoms with Gasteiger partial charge in [-0.25, -0.2) is 4.98 Å².